The third kappa shape index (κ3) is 3.19. The molecule has 32 heavy (non-hydrogen) atoms. The zero-order chi connectivity index (χ0) is 21.5. The van der Waals surface area contributed by atoms with Crippen LogP contribution in [0.2, 0.25) is 0 Å². The van der Waals surface area contributed by atoms with Crippen LogP contribution in [0.3, 0.4) is 0 Å². The maximum Gasteiger partial charge on any atom is 0.298 e. The summed E-state index contributed by atoms with van der Waals surface area (Å²) >= 11 is 0. The van der Waals surface area contributed by atoms with Gasteiger partial charge in [-0.05, 0) is 37.1 Å². The number of amides is 1. The summed E-state index contributed by atoms with van der Waals surface area (Å²) in [7, 11) is 0. The first-order valence-electron chi connectivity index (χ1n) is 11.0. The molecule has 0 spiro atoms. The van der Waals surface area contributed by atoms with Crippen LogP contribution in [-0.4, -0.2) is 30.0 Å². The highest BCUT2D eigenvalue weighted by Crippen LogP contribution is 2.44. The van der Waals surface area contributed by atoms with Gasteiger partial charge in [0, 0.05) is 24.2 Å². The van der Waals surface area contributed by atoms with Gasteiger partial charge in [-0.2, -0.15) is 4.98 Å². The number of fused-ring (bicyclic) bond motifs is 3. The van der Waals surface area contributed by atoms with Crippen molar-refractivity contribution >= 4 is 23.0 Å². The number of para-hydroxylation sites is 4. The molecule has 6 heteroatoms. The van der Waals surface area contributed by atoms with Crippen LogP contribution in [0.15, 0.2) is 77.2 Å². The van der Waals surface area contributed by atoms with Crippen LogP contribution in [-0.2, 0) is 4.79 Å². The van der Waals surface area contributed by atoms with Crippen molar-refractivity contribution in [2.75, 3.05) is 18.0 Å². The summed E-state index contributed by atoms with van der Waals surface area (Å²) in [6, 6.07) is 24.1. The van der Waals surface area contributed by atoms with E-state index in [1.54, 1.807) is 0 Å². The second-order valence-corrected chi connectivity index (χ2v) is 8.31. The average Bonchev–Trinajstić information content (AvgIpc) is 3.47. The van der Waals surface area contributed by atoms with E-state index >= 15 is 0 Å². The molecule has 6 rings (SSSR count). The SMILES string of the molecule is O=C(NCC1CCCN1c1nc2ccccc2o1)C1c2ccccc2Oc2ccccc21. The number of ether oxygens (including phenoxy) is 1. The monoisotopic (exact) mass is 425 g/mol. The number of rotatable bonds is 4. The van der Waals surface area contributed by atoms with E-state index in [2.05, 4.69) is 15.2 Å². The summed E-state index contributed by atoms with van der Waals surface area (Å²) in [6.07, 6.45) is 2.03. The Hall–Kier alpha value is -3.80. The number of carbonyl (C=O) groups is 1. The Morgan fingerprint density at radius 3 is 2.41 bits per heavy atom. The topological polar surface area (TPSA) is 67.6 Å². The van der Waals surface area contributed by atoms with Gasteiger partial charge in [0.2, 0.25) is 5.91 Å². The molecule has 1 N–H and O–H groups in total. The summed E-state index contributed by atoms with van der Waals surface area (Å²) in [6.45, 7) is 1.41. The fourth-order valence-corrected chi connectivity index (χ4v) is 4.80. The van der Waals surface area contributed by atoms with Crippen molar-refractivity contribution in [2.24, 2.45) is 0 Å². The van der Waals surface area contributed by atoms with E-state index in [1.807, 2.05) is 72.8 Å². The Kier molecular flexibility index (Phi) is 4.56. The number of aromatic nitrogens is 1. The summed E-state index contributed by atoms with van der Waals surface area (Å²) in [5.41, 5.74) is 3.43. The summed E-state index contributed by atoms with van der Waals surface area (Å²) in [5.74, 6) is 1.06. The van der Waals surface area contributed by atoms with Gasteiger partial charge >= 0.3 is 0 Å². The Labute approximate surface area is 185 Å². The molecule has 1 atom stereocenters. The van der Waals surface area contributed by atoms with Crippen LogP contribution in [0.1, 0.15) is 29.9 Å². The Bertz CT molecular complexity index is 1220. The lowest BCUT2D eigenvalue weighted by Gasteiger charge is -2.28. The van der Waals surface area contributed by atoms with E-state index in [-0.39, 0.29) is 11.9 Å². The smallest absolute Gasteiger partial charge is 0.298 e. The maximum atomic E-state index is 13.4. The first-order valence-corrected chi connectivity index (χ1v) is 11.0. The lowest BCUT2D eigenvalue weighted by atomic mass is 9.87. The second kappa shape index (κ2) is 7.71. The number of hydrogen-bond donors (Lipinski definition) is 1. The molecule has 0 bridgehead atoms. The van der Waals surface area contributed by atoms with Crippen molar-refractivity contribution in [2.45, 2.75) is 24.8 Å². The van der Waals surface area contributed by atoms with Crippen molar-refractivity contribution in [1.29, 1.82) is 0 Å². The molecular formula is C26H23N3O3. The van der Waals surface area contributed by atoms with Gasteiger partial charge < -0.3 is 19.4 Å². The van der Waals surface area contributed by atoms with Crippen molar-refractivity contribution < 1.29 is 13.9 Å². The quantitative estimate of drug-likeness (QED) is 0.506. The number of anilines is 1. The summed E-state index contributed by atoms with van der Waals surface area (Å²) in [5, 5.41) is 3.20. The van der Waals surface area contributed by atoms with Crippen LogP contribution in [0, 0.1) is 0 Å². The molecule has 1 unspecified atom stereocenters. The zero-order valence-electron chi connectivity index (χ0n) is 17.5. The number of hydrogen-bond acceptors (Lipinski definition) is 5. The number of nitrogens with zero attached hydrogens (tertiary/aromatic N) is 2. The van der Waals surface area contributed by atoms with Crippen LogP contribution in [0.4, 0.5) is 6.01 Å². The Morgan fingerprint density at radius 2 is 1.66 bits per heavy atom. The normalized spacial score (nSPS) is 17.6. The maximum absolute atomic E-state index is 13.4. The van der Waals surface area contributed by atoms with Gasteiger partial charge in [0.05, 0.1) is 12.0 Å². The number of carbonyl (C=O) groups excluding carboxylic acids is 1. The average molecular weight is 425 g/mol. The predicted octanol–water partition coefficient (Wildman–Crippen LogP) is 4.85. The van der Waals surface area contributed by atoms with Gasteiger partial charge in [0.1, 0.15) is 17.0 Å². The highest BCUT2D eigenvalue weighted by atomic mass is 16.5. The van der Waals surface area contributed by atoms with E-state index in [1.165, 1.54) is 0 Å². The molecule has 0 radical (unpaired) electrons. The first kappa shape index (κ1) is 18.9. The van der Waals surface area contributed by atoms with Crippen molar-refractivity contribution in [3.63, 3.8) is 0 Å². The van der Waals surface area contributed by atoms with E-state index in [9.17, 15) is 4.79 Å². The number of benzene rings is 3. The lowest BCUT2D eigenvalue weighted by molar-refractivity contribution is -0.121. The van der Waals surface area contributed by atoms with E-state index in [4.69, 9.17) is 9.15 Å². The third-order valence-corrected chi connectivity index (χ3v) is 6.36. The van der Waals surface area contributed by atoms with Crippen molar-refractivity contribution in [1.82, 2.24) is 10.3 Å². The van der Waals surface area contributed by atoms with Gasteiger partial charge in [0.15, 0.2) is 5.58 Å². The number of oxazole rings is 1. The van der Waals surface area contributed by atoms with Crippen LogP contribution < -0.4 is 15.0 Å². The van der Waals surface area contributed by atoms with E-state index < -0.39 is 5.92 Å². The third-order valence-electron chi connectivity index (χ3n) is 6.36. The highest BCUT2D eigenvalue weighted by Gasteiger charge is 2.34. The fraction of sp³-hybridized carbons (Fsp3) is 0.231. The fourth-order valence-electron chi connectivity index (χ4n) is 4.80. The Morgan fingerprint density at radius 1 is 0.969 bits per heavy atom. The van der Waals surface area contributed by atoms with Crippen molar-refractivity contribution in [3.8, 4) is 11.5 Å². The molecule has 2 aliphatic heterocycles. The molecule has 6 nitrogen and oxygen atoms in total. The molecule has 4 aromatic rings. The minimum Gasteiger partial charge on any atom is -0.457 e. The lowest BCUT2D eigenvalue weighted by Crippen LogP contribution is -2.42. The molecule has 160 valence electrons. The van der Waals surface area contributed by atoms with Gasteiger partial charge in [-0.15, -0.1) is 0 Å². The van der Waals surface area contributed by atoms with Gasteiger partial charge in [-0.3, -0.25) is 4.79 Å². The Balaban J connectivity index is 1.23. The van der Waals surface area contributed by atoms with E-state index in [0.29, 0.717) is 12.6 Å². The molecule has 1 amide bonds. The largest absolute Gasteiger partial charge is 0.457 e. The zero-order valence-corrected chi connectivity index (χ0v) is 17.5. The van der Waals surface area contributed by atoms with Gasteiger partial charge in [0.25, 0.3) is 6.01 Å². The molecule has 3 heterocycles. The summed E-state index contributed by atoms with van der Waals surface area (Å²) < 4.78 is 12.0. The standard InChI is InChI=1S/C26H23N3O3/c30-25(24-18-9-1-4-12-21(18)31-22-13-5-2-10-19(22)24)27-16-17-8-7-15-29(17)26-28-20-11-3-6-14-23(20)32-26/h1-6,9-14,17,24H,7-8,15-16H2,(H,27,30). The second-order valence-electron chi connectivity index (χ2n) is 8.31. The van der Waals surface area contributed by atoms with Crippen molar-refractivity contribution in [3.05, 3.63) is 83.9 Å². The minimum atomic E-state index is -0.393. The molecule has 0 aliphatic carbocycles. The van der Waals surface area contributed by atoms with Crippen LogP contribution in [0.25, 0.3) is 11.1 Å². The molecular weight excluding hydrogens is 402 g/mol. The van der Waals surface area contributed by atoms with E-state index in [0.717, 1.165) is 53.1 Å². The molecule has 1 fully saturated rings. The molecule has 0 saturated carbocycles. The van der Waals surface area contributed by atoms with Crippen LogP contribution >= 0.6 is 0 Å². The van der Waals surface area contributed by atoms with Gasteiger partial charge in [-0.25, -0.2) is 0 Å². The summed E-state index contributed by atoms with van der Waals surface area (Å²) in [4.78, 5) is 20.3. The first-order chi connectivity index (χ1) is 15.8. The number of nitrogens with one attached hydrogen (secondary N) is 1. The highest BCUT2D eigenvalue weighted by molar-refractivity contribution is 5.89. The molecule has 1 aromatic heterocycles. The molecule has 2 aliphatic rings. The molecule has 1 saturated heterocycles. The minimum absolute atomic E-state index is 0.0161. The van der Waals surface area contributed by atoms with Crippen LogP contribution in [0.5, 0.6) is 11.5 Å². The van der Waals surface area contributed by atoms with Gasteiger partial charge in [-0.1, -0.05) is 48.5 Å². The molecule has 3 aromatic carbocycles. The predicted molar refractivity (Wildman–Crippen MR) is 122 cm³/mol.